The highest BCUT2D eigenvalue weighted by Crippen LogP contribution is 2.15. The zero-order chi connectivity index (χ0) is 16.4. The molecule has 0 aliphatic rings. The minimum atomic E-state index is -0.802. The zero-order valence-electron chi connectivity index (χ0n) is 12.6. The average molecular weight is 327 g/mol. The maximum atomic E-state index is 11.8. The molecule has 0 aliphatic carbocycles. The molecule has 122 valence electrons. The molecule has 1 rings (SSSR count). The molecule has 0 saturated heterocycles. The summed E-state index contributed by atoms with van der Waals surface area (Å²) >= 11 is 1.21. The molecule has 1 aromatic heterocycles. The number of carboxylic acid groups (broad SMARTS) is 1. The van der Waals surface area contributed by atoms with Gasteiger partial charge in [-0.25, -0.2) is 4.98 Å². The van der Waals surface area contributed by atoms with E-state index >= 15 is 0 Å². The van der Waals surface area contributed by atoms with Gasteiger partial charge in [0.05, 0.1) is 0 Å². The van der Waals surface area contributed by atoms with Crippen LogP contribution in [-0.4, -0.2) is 34.4 Å². The monoisotopic (exact) mass is 327 g/mol. The summed E-state index contributed by atoms with van der Waals surface area (Å²) in [6, 6.07) is 0. The van der Waals surface area contributed by atoms with Crippen molar-refractivity contribution < 1.29 is 19.5 Å². The first-order valence-electron chi connectivity index (χ1n) is 7.28. The number of unbranched alkanes of at least 4 members (excludes halogenated alkanes) is 2. The number of anilines is 1. The van der Waals surface area contributed by atoms with Crippen LogP contribution in [0.2, 0.25) is 0 Å². The summed E-state index contributed by atoms with van der Waals surface area (Å²) in [4.78, 5) is 37.7. The second kappa shape index (κ2) is 9.88. The van der Waals surface area contributed by atoms with E-state index in [1.165, 1.54) is 11.3 Å². The van der Waals surface area contributed by atoms with Crippen LogP contribution in [0.4, 0.5) is 5.13 Å². The molecular weight excluding hydrogens is 306 g/mol. The van der Waals surface area contributed by atoms with Gasteiger partial charge in [0.1, 0.15) is 5.69 Å². The van der Waals surface area contributed by atoms with Crippen molar-refractivity contribution in [2.24, 2.45) is 0 Å². The van der Waals surface area contributed by atoms with E-state index in [0.29, 0.717) is 24.5 Å². The first-order chi connectivity index (χ1) is 10.5. The van der Waals surface area contributed by atoms with Crippen molar-refractivity contribution in [1.82, 2.24) is 10.3 Å². The Balaban J connectivity index is 2.27. The molecule has 0 radical (unpaired) electrons. The topological polar surface area (TPSA) is 108 Å². The van der Waals surface area contributed by atoms with Crippen LogP contribution < -0.4 is 10.6 Å². The second-order valence-electron chi connectivity index (χ2n) is 4.80. The van der Waals surface area contributed by atoms with Crippen LogP contribution in [0.5, 0.6) is 0 Å². The van der Waals surface area contributed by atoms with E-state index in [4.69, 9.17) is 5.11 Å². The van der Waals surface area contributed by atoms with E-state index in [-0.39, 0.29) is 23.9 Å². The molecule has 22 heavy (non-hydrogen) atoms. The molecule has 1 aromatic rings. The van der Waals surface area contributed by atoms with Crippen LogP contribution in [0.1, 0.15) is 55.9 Å². The van der Waals surface area contributed by atoms with Gasteiger partial charge in [0.25, 0.3) is 5.91 Å². The number of thiazole rings is 1. The van der Waals surface area contributed by atoms with Crippen molar-refractivity contribution in [3.8, 4) is 0 Å². The fourth-order valence-corrected chi connectivity index (χ4v) is 2.42. The minimum absolute atomic E-state index is 0.109. The number of rotatable bonds is 10. The number of aliphatic carboxylic acids is 1. The van der Waals surface area contributed by atoms with Crippen LogP contribution >= 0.6 is 11.3 Å². The first-order valence-corrected chi connectivity index (χ1v) is 8.16. The summed E-state index contributed by atoms with van der Waals surface area (Å²) in [6.07, 6.45) is 3.42. The van der Waals surface area contributed by atoms with E-state index in [2.05, 4.69) is 15.6 Å². The van der Waals surface area contributed by atoms with Gasteiger partial charge in [-0.2, -0.15) is 0 Å². The van der Waals surface area contributed by atoms with Crippen molar-refractivity contribution in [2.45, 2.75) is 45.4 Å². The van der Waals surface area contributed by atoms with Gasteiger partial charge in [-0.05, 0) is 19.3 Å². The van der Waals surface area contributed by atoms with Crippen molar-refractivity contribution in [3.05, 3.63) is 11.1 Å². The molecular formula is C14H21N3O4S. The van der Waals surface area contributed by atoms with Crippen molar-refractivity contribution in [3.63, 3.8) is 0 Å². The summed E-state index contributed by atoms with van der Waals surface area (Å²) in [5.74, 6) is -1.20. The van der Waals surface area contributed by atoms with Gasteiger partial charge < -0.3 is 15.7 Å². The predicted molar refractivity (Wildman–Crippen MR) is 84.1 cm³/mol. The fourth-order valence-electron chi connectivity index (χ4n) is 1.71. The number of carbonyl (C=O) groups excluding carboxylic acids is 2. The molecule has 0 saturated carbocycles. The number of carbonyl (C=O) groups is 3. The quantitative estimate of drug-likeness (QED) is 0.571. The molecule has 7 nitrogen and oxygen atoms in total. The maximum Gasteiger partial charge on any atom is 0.303 e. The van der Waals surface area contributed by atoms with Crippen LogP contribution in [0.3, 0.4) is 0 Å². The Kier molecular flexibility index (Phi) is 8.13. The average Bonchev–Trinajstić information content (AvgIpc) is 2.90. The van der Waals surface area contributed by atoms with E-state index in [1.54, 1.807) is 5.38 Å². The van der Waals surface area contributed by atoms with Crippen LogP contribution in [0.15, 0.2) is 5.38 Å². The molecule has 0 aromatic carbocycles. The van der Waals surface area contributed by atoms with Gasteiger partial charge >= 0.3 is 5.97 Å². The third kappa shape index (κ3) is 7.16. The fraction of sp³-hybridized carbons (Fsp3) is 0.571. The molecule has 2 amide bonds. The lowest BCUT2D eigenvalue weighted by Gasteiger charge is -2.02. The van der Waals surface area contributed by atoms with Crippen LogP contribution in [0, 0.1) is 0 Å². The number of hydrogen-bond donors (Lipinski definition) is 3. The van der Waals surface area contributed by atoms with E-state index in [0.717, 1.165) is 19.3 Å². The Bertz CT molecular complexity index is 516. The zero-order valence-corrected chi connectivity index (χ0v) is 13.4. The Morgan fingerprint density at radius 3 is 2.68 bits per heavy atom. The Morgan fingerprint density at radius 1 is 1.23 bits per heavy atom. The second-order valence-corrected chi connectivity index (χ2v) is 5.65. The van der Waals surface area contributed by atoms with Crippen molar-refractivity contribution in [2.75, 3.05) is 11.9 Å². The molecule has 8 heteroatoms. The van der Waals surface area contributed by atoms with E-state index in [9.17, 15) is 14.4 Å². The predicted octanol–water partition coefficient (Wildman–Crippen LogP) is 2.26. The summed E-state index contributed by atoms with van der Waals surface area (Å²) in [5.41, 5.74) is 0.280. The van der Waals surface area contributed by atoms with Gasteiger partial charge in [-0.1, -0.05) is 13.3 Å². The molecule has 0 fully saturated rings. The first kappa shape index (κ1) is 18.1. The highest BCUT2D eigenvalue weighted by atomic mass is 32.1. The van der Waals surface area contributed by atoms with Crippen molar-refractivity contribution in [1.29, 1.82) is 0 Å². The van der Waals surface area contributed by atoms with Gasteiger partial charge in [0.2, 0.25) is 5.91 Å². The number of aromatic nitrogens is 1. The molecule has 0 atom stereocenters. The number of nitrogens with zero attached hydrogens (tertiary/aromatic N) is 1. The molecule has 0 aliphatic heterocycles. The Morgan fingerprint density at radius 2 is 2.00 bits per heavy atom. The van der Waals surface area contributed by atoms with E-state index < -0.39 is 5.97 Å². The highest BCUT2D eigenvalue weighted by molar-refractivity contribution is 7.14. The molecule has 0 unspecified atom stereocenters. The standard InChI is InChI=1S/C14H21N3O4S/c1-2-6-11(18)17-14-16-10(9-22-14)13(21)15-8-5-3-4-7-12(19)20/h9H,2-8H2,1H3,(H,15,21)(H,19,20)(H,16,17,18). The molecule has 0 bridgehead atoms. The number of carboxylic acids is 1. The summed E-state index contributed by atoms with van der Waals surface area (Å²) < 4.78 is 0. The lowest BCUT2D eigenvalue weighted by molar-refractivity contribution is -0.137. The largest absolute Gasteiger partial charge is 0.481 e. The Labute approximate surface area is 133 Å². The highest BCUT2D eigenvalue weighted by Gasteiger charge is 2.11. The van der Waals surface area contributed by atoms with Gasteiger partial charge in [-0.3, -0.25) is 14.4 Å². The summed E-state index contributed by atoms with van der Waals surface area (Å²) in [5, 5.41) is 15.9. The lowest BCUT2D eigenvalue weighted by atomic mass is 10.2. The third-order valence-electron chi connectivity index (χ3n) is 2.81. The summed E-state index contributed by atoms with van der Waals surface area (Å²) in [6.45, 7) is 2.39. The van der Waals surface area contributed by atoms with Gasteiger partial charge in [0.15, 0.2) is 5.13 Å². The van der Waals surface area contributed by atoms with Gasteiger partial charge in [-0.15, -0.1) is 11.3 Å². The smallest absolute Gasteiger partial charge is 0.303 e. The van der Waals surface area contributed by atoms with Gasteiger partial charge in [0, 0.05) is 24.8 Å². The number of amides is 2. The molecule has 1 heterocycles. The third-order valence-corrected chi connectivity index (χ3v) is 3.57. The number of hydrogen-bond acceptors (Lipinski definition) is 5. The maximum absolute atomic E-state index is 11.8. The normalized spacial score (nSPS) is 10.2. The molecule has 3 N–H and O–H groups in total. The minimum Gasteiger partial charge on any atom is -0.481 e. The van der Waals surface area contributed by atoms with Crippen molar-refractivity contribution >= 4 is 34.3 Å². The SMILES string of the molecule is CCCC(=O)Nc1nc(C(=O)NCCCCCC(=O)O)cs1. The molecule has 0 spiro atoms. The Hall–Kier alpha value is -1.96. The van der Waals surface area contributed by atoms with Crippen LogP contribution in [-0.2, 0) is 9.59 Å². The van der Waals surface area contributed by atoms with E-state index in [1.807, 2.05) is 6.92 Å². The number of nitrogens with one attached hydrogen (secondary N) is 2. The lowest BCUT2D eigenvalue weighted by Crippen LogP contribution is -2.24. The summed E-state index contributed by atoms with van der Waals surface area (Å²) in [7, 11) is 0. The van der Waals surface area contributed by atoms with Crippen LogP contribution in [0.25, 0.3) is 0 Å².